The number of thioether (sulfide) groups is 1. The molecular formula is C18H16N4O2S. The minimum absolute atomic E-state index is 0.337. The first-order chi connectivity index (χ1) is 12.2. The summed E-state index contributed by atoms with van der Waals surface area (Å²) in [5, 5.41) is 0.686. The van der Waals surface area contributed by atoms with Crippen LogP contribution in [-0.4, -0.2) is 27.6 Å². The molecule has 3 aromatic rings. The normalized spacial score (nSPS) is 10.3. The molecule has 0 aliphatic carbocycles. The van der Waals surface area contributed by atoms with Crippen molar-refractivity contribution in [1.29, 1.82) is 0 Å². The lowest BCUT2D eigenvalue weighted by Crippen LogP contribution is -2.42. The molecule has 1 heterocycles. The van der Waals surface area contributed by atoms with Crippen molar-refractivity contribution in [2.75, 3.05) is 6.26 Å². The van der Waals surface area contributed by atoms with Gasteiger partial charge in [0.05, 0.1) is 6.20 Å². The Balaban J connectivity index is 1.79. The third-order valence-electron chi connectivity index (χ3n) is 3.48. The molecule has 3 rings (SSSR count). The maximum absolute atomic E-state index is 12.5. The number of hydrogen-bond acceptors (Lipinski definition) is 4. The third kappa shape index (κ3) is 3.72. The van der Waals surface area contributed by atoms with Gasteiger partial charge in [0.2, 0.25) is 0 Å². The van der Waals surface area contributed by atoms with Crippen molar-refractivity contribution in [1.82, 2.24) is 20.4 Å². The van der Waals surface area contributed by atoms with E-state index >= 15 is 0 Å². The molecule has 7 heteroatoms. The summed E-state index contributed by atoms with van der Waals surface area (Å²) in [6.07, 6.45) is 3.38. The van der Waals surface area contributed by atoms with E-state index in [-0.39, 0.29) is 5.91 Å². The van der Waals surface area contributed by atoms with E-state index in [4.69, 9.17) is 0 Å². The Labute approximate surface area is 149 Å². The van der Waals surface area contributed by atoms with Gasteiger partial charge in [-0.1, -0.05) is 48.2 Å². The first-order valence-electron chi connectivity index (χ1n) is 7.53. The molecule has 0 unspecified atom stereocenters. The van der Waals surface area contributed by atoms with Gasteiger partial charge < -0.3 is 0 Å². The molecule has 126 valence electrons. The van der Waals surface area contributed by atoms with Crippen LogP contribution in [0.2, 0.25) is 0 Å². The van der Waals surface area contributed by atoms with Crippen LogP contribution >= 0.6 is 11.8 Å². The van der Waals surface area contributed by atoms with E-state index in [1.165, 1.54) is 18.0 Å². The molecule has 1 aromatic heterocycles. The molecule has 0 saturated heterocycles. The molecule has 0 radical (unpaired) electrons. The van der Waals surface area contributed by atoms with Crippen molar-refractivity contribution in [2.24, 2.45) is 0 Å². The molecule has 0 fully saturated rings. The molecule has 0 saturated carbocycles. The summed E-state index contributed by atoms with van der Waals surface area (Å²) in [5.41, 5.74) is 6.48. The van der Waals surface area contributed by atoms with Crippen LogP contribution in [0.3, 0.4) is 0 Å². The zero-order chi connectivity index (χ0) is 17.6. The first kappa shape index (κ1) is 16.8. The van der Waals surface area contributed by atoms with E-state index in [1.54, 1.807) is 28.8 Å². The van der Waals surface area contributed by atoms with E-state index in [2.05, 4.69) is 15.8 Å². The zero-order valence-corrected chi connectivity index (χ0v) is 14.3. The summed E-state index contributed by atoms with van der Waals surface area (Å²) in [7, 11) is 0. The lowest BCUT2D eigenvalue weighted by atomic mass is 10.2. The predicted octanol–water partition coefficient (Wildman–Crippen LogP) is 2.67. The Hall–Kier alpha value is -3.06. The fraction of sp³-hybridized carbons (Fsp3) is 0.0556. The second kappa shape index (κ2) is 7.67. The molecular weight excluding hydrogens is 336 g/mol. The Morgan fingerprint density at radius 3 is 2.16 bits per heavy atom. The molecule has 0 bridgehead atoms. The van der Waals surface area contributed by atoms with Gasteiger partial charge in [0.15, 0.2) is 5.16 Å². The number of para-hydroxylation sites is 1. The molecule has 25 heavy (non-hydrogen) atoms. The van der Waals surface area contributed by atoms with E-state index in [0.29, 0.717) is 16.4 Å². The number of hydrogen-bond donors (Lipinski definition) is 2. The van der Waals surface area contributed by atoms with Crippen LogP contribution in [0.4, 0.5) is 0 Å². The number of carbonyl (C=O) groups excluding carboxylic acids is 2. The summed E-state index contributed by atoms with van der Waals surface area (Å²) < 4.78 is 1.74. The largest absolute Gasteiger partial charge is 0.288 e. The van der Waals surface area contributed by atoms with E-state index in [1.807, 2.05) is 42.7 Å². The van der Waals surface area contributed by atoms with Crippen LogP contribution in [0.15, 0.2) is 72.0 Å². The fourth-order valence-corrected chi connectivity index (χ4v) is 2.85. The molecule has 2 amide bonds. The highest BCUT2D eigenvalue weighted by Gasteiger charge is 2.18. The van der Waals surface area contributed by atoms with Gasteiger partial charge >= 0.3 is 0 Å². The van der Waals surface area contributed by atoms with Crippen molar-refractivity contribution in [3.63, 3.8) is 0 Å². The Morgan fingerprint density at radius 1 is 0.920 bits per heavy atom. The number of hydrazine groups is 1. The second-order valence-electron chi connectivity index (χ2n) is 5.08. The predicted molar refractivity (Wildman–Crippen MR) is 96.7 cm³/mol. The van der Waals surface area contributed by atoms with Gasteiger partial charge in [-0.05, 0) is 30.5 Å². The average molecular weight is 352 g/mol. The molecule has 0 aliphatic heterocycles. The average Bonchev–Trinajstić information content (AvgIpc) is 3.11. The second-order valence-corrected chi connectivity index (χ2v) is 5.85. The van der Waals surface area contributed by atoms with Crippen LogP contribution in [0, 0.1) is 0 Å². The minimum Gasteiger partial charge on any atom is -0.283 e. The molecule has 0 aliphatic rings. The maximum atomic E-state index is 12.5. The lowest BCUT2D eigenvalue weighted by Gasteiger charge is -2.11. The lowest BCUT2D eigenvalue weighted by molar-refractivity contribution is 0.0842. The van der Waals surface area contributed by atoms with Gasteiger partial charge in [0.1, 0.15) is 5.69 Å². The number of aromatic nitrogens is 2. The smallest absolute Gasteiger partial charge is 0.283 e. The highest BCUT2D eigenvalue weighted by atomic mass is 32.2. The summed E-state index contributed by atoms with van der Waals surface area (Å²) in [6, 6.07) is 18.1. The van der Waals surface area contributed by atoms with E-state index in [9.17, 15) is 9.59 Å². The number of rotatable bonds is 4. The number of benzene rings is 2. The quantitative estimate of drug-likeness (QED) is 0.559. The third-order valence-corrected chi connectivity index (χ3v) is 4.14. The topological polar surface area (TPSA) is 76.0 Å². The van der Waals surface area contributed by atoms with Crippen LogP contribution in [0.1, 0.15) is 20.8 Å². The van der Waals surface area contributed by atoms with Crippen LogP contribution in [0.25, 0.3) is 5.69 Å². The van der Waals surface area contributed by atoms with Crippen LogP contribution in [-0.2, 0) is 0 Å². The summed E-state index contributed by atoms with van der Waals surface area (Å²) in [4.78, 5) is 28.8. The Kier molecular flexibility index (Phi) is 5.15. The van der Waals surface area contributed by atoms with Crippen LogP contribution in [0.5, 0.6) is 0 Å². The monoisotopic (exact) mass is 352 g/mol. The van der Waals surface area contributed by atoms with Crippen LogP contribution < -0.4 is 10.9 Å². The Morgan fingerprint density at radius 2 is 1.52 bits per heavy atom. The molecule has 0 spiro atoms. The van der Waals surface area contributed by atoms with Crippen molar-refractivity contribution in [2.45, 2.75) is 5.16 Å². The number of imidazole rings is 1. The summed E-state index contributed by atoms with van der Waals surface area (Å²) >= 11 is 1.43. The van der Waals surface area contributed by atoms with Crippen molar-refractivity contribution >= 4 is 23.6 Å². The number of nitrogens with zero attached hydrogens (tertiary/aromatic N) is 2. The van der Waals surface area contributed by atoms with Gasteiger partial charge in [-0.25, -0.2) is 4.98 Å². The number of nitrogens with one attached hydrogen (secondary N) is 2. The molecule has 2 aromatic carbocycles. The summed E-state index contributed by atoms with van der Waals surface area (Å²) in [6.45, 7) is 0. The van der Waals surface area contributed by atoms with Gasteiger partial charge in [0.25, 0.3) is 11.8 Å². The molecule has 2 N–H and O–H groups in total. The minimum atomic E-state index is -0.444. The first-order valence-corrected chi connectivity index (χ1v) is 8.76. The highest BCUT2D eigenvalue weighted by molar-refractivity contribution is 7.98. The van der Waals surface area contributed by atoms with Crippen molar-refractivity contribution in [3.05, 3.63) is 78.1 Å². The van der Waals surface area contributed by atoms with Gasteiger partial charge in [-0.15, -0.1) is 0 Å². The van der Waals surface area contributed by atoms with E-state index < -0.39 is 5.91 Å². The Bertz CT molecular complexity index is 879. The standard InChI is InChI=1S/C18H16N4O2S/c1-25-18-19-12-15(22(18)14-10-6-3-7-11-14)17(24)21-20-16(23)13-8-4-2-5-9-13/h2-12H,1H3,(H,20,23)(H,21,24). The molecule has 6 nitrogen and oxygen atoms in total. The van der Waals surface area contributed by atoms with Gasteiger partial charge in [0, 0.05) is 11.3 Å². The summed E-state index contributed by atoms with van der Waals surface area (Å²) in [5.74, 6) is -0.828. The molecule has 0 atom stereocenters. The van der Waals surface area contributed by atoms with Gasteiger partial charge in [-0.2, -0.15) is 0 Å². The zero-order valence-electron chi connectivity index (χ0n) is 13.5. The fourth-order valence-electron chi connectivity index (χ4n) is 2.30. The number of carbonyl (C=O) groups is 2. The van der Waals surface area contributed by atoms with E-state index in [0.717, 1.165) is 5.69 Å². The number of amides is 2. The van der Waals surface area contributed by atoms with Crippen molar-refractivity contribution < 1.29 is 9.59 Å². The maximum Gasteiger partial charge on any atom is 0.288 e. The van der Waals surface area contributed by atoms with Gasteiger partial charge in [-0.3, -0.25) is 25.0 Å². The van der Waals surface area contributed by atoms with Crippen molar-refractivity contribution in [3.8, 4) is 5.69 Å². The SMILES string of the molecule is CSc1ncc(C(=O)NNC(=O)c2ccccc2)n1-c1ccccc1. The highest BCUT2D eigenvalue weighted by Crippen LogP contribution is 2.21.